The summed E-state index contributed by atoms with van der Waals surface area (Å²) < 4.78 is 5.39. The highest BCUT2D eigenvalue weighted by atomic mass is 16.5. The molecule has 0 radical (unpaired) electrons. The molecule has 8 nitrogen and oxygen atoms in total. The Kier molecular flexibility index (Phi) is 3.68. The zero-order valence-corrected chi connectivity index (χ0v) is 14.4. The van der Waals surface area contributed by atoms with E-state index in [9.17, 15) is 9.59 Å². The number of hydrogen-bond acceptors (Lipinski definition) is 6. The number of likely N-dealkylation sites (tertiary alicyclic amines) is 1. The smallest absolute Gasteiger partial charge is 0.329 e. The van der Waals surface area contributed by atoms with Crippen LogP contribution in [0.1, 0.15) is 24.8 Å². The van der Waals surface area contributed by atoms with Crippen LogP contribution in [-0.4, -0.2) is 53.7 Å². The predicted octanol–water partition coefficient (Wildman–Crippen LogP) is 1.21. The number of fused-ring (bicyclic) bond motifs is 3. The van der Waals surface area contributed by atoms with Crippen LogP contribution in [0.15, 0.2) is 22.7 Å². The second-order valence-corrected chi connectivity index (χ2v) is 7.42. The minimum atomic E-state index is -0.444. The number of benzene rings is 1. The summed E-state index contributed by atoms with van der Waals surface area (Å²) in [5, 5.41) is 10.9. The van der Waals surface area contributed by atoms with Crippen molar-refractivity contribution >= 4 is 28.7 Å². The Morgan fingerprint density at radius 1 is 1.19 bits per heavy atom. The van der Waals surface area contributed by atoms with Crippen LogP contribution in [0.3, 0.4) is 0 Å². The first kappa shape index (κ1) is 15.8. The molecular formula is C18H21N5O3. The number of nitrogens with zero attached hydrogens (tertiary/aromatic N) is 3. The van der Waals surface area contributed by atoms with E-state index < -0.39 is 6.03 Å². The molecule has 2 N–H and O–H groups in total. The number of hydrogen-bond donors (Lipinski definition) is 2. The number of rotatable bonds is 3. The zero-order chi connectivity index (χ0) is 17.7. The van der Waals surface area contributed by atoms with Gasteiger partial charge in [-0.15, -0.1) is 0 Å². The third-order valence-electron chi connectivity index (χ3n) is 5.52. The maximum atomic E-state index is 12.1. The molecule has 0 spiro atoms. The molecule has 1 aromatic heterocycles. The van der Waals surface area contributed by atoms with Crippen molar-refractivity contribution in [3.8, 4) is 0 Å². The molecule has 3 aliphatic rings. The van der Waals surface area contributed by atoms with Crippen LogP contribution in [0.2, 0.25) is 0 Å². The molecule has 2 unspecified atom stereocenters. The molecule has 2 bridgehead atoms. The maximum Gasteiger partial charge on any atom is 0.329 e. The second kappa shape index (κ2) is 6.07. The van der Waals surface area contributed by atoms with Gasteiger partial charge in [-0.25, -0.2) is 4.79 Å². The van der Waals surface area contributed by atoms with E-state index in [2.05, 4.69) is 32.8 Å². The molecule has 26 heavy (non-hydrogen) atoms. The summed E-state index contributed by atoms with van der Waals surface area (Å²) in [6.45, 7) is 3.33. The second-order valence-electron chi connectivity index (χ2n) is 7.42. The topological polar surface area (TPSA) is 90.7 Å². The first-order chi connectivity index (χ1) is 12.7. The molecule has 3 saturated heterocycles. The summed E-state index contributed by atoms with van der Waals surface area (Å²) in [6, 6.07) is 6.79. The number of anilines is 1. The number of carbonyl (C=O) groups is 2. The van der Waals surface area contributed by atoms with E-state index in [1.165, 1.54) is 23.3 Å². The lowest BCUT2D eigenvalue weighted by molar-refractivity contribution is -0.120. The molecule has 4 heterocycles. The summed E-state index contributed by atoms with van der Waals surface area (Å²) in [4.78, 5) is 27.5. The first-order valence-corrected chi connectivity index (χ1v) is 9.14. The van der Waals surface area contributed by atoms with Crippen LogP contribution in [0.4, 0.5) is 10.6 Å². The van der Waals surface area contributed by atoms with E-state index in [1.54, 1.807) is 0 Å². The minimum absolute atomic E-state index is 0.256. The zero-order valence-electron chi connectivity index (χ0n) is 14.4. The molecule has 3 amide bonds. The molecule has 2 aromatic rings. The van der Waals surface area contributed by atoms with Crippen LogP contribution >= 0.6 is 0 Å². The molecule has 2 atom stereocenters. The highest BCUT2D eigenvalue weighted by Crippen LogP contribution is 2.29. The van der Waals surface area contributed by atoms with Crippen LogP contribution in [0.25, 0.3) is 11.0 Å². The molecule has 0 saturated carbocycles. The molecule has 136 valence electrons. The van der Waals surface area contributed by atoms with Crippen molar-refractivity contribution in [2.45, 2.75) is 37.9 Å². The van der Waals surface area contributed by atoms with Gasteiger partial charge in [-0.2, -0.15) is 0 Å². The van der Waals surface area contributed by atoms with Gasteiger partial charge in [0.1, 0.15) is 0 Å². The van der Waals surface area contributed by atoms with E-state index in [0.717, 1.165) is 25.0 Å². The Labute approximate surface area is 150 Å². The largest absolute Gasteiger partial charge is 0.354 e. The Morgan fingerprint density at radius 3 is 2.77 bits per heavy atom. The quantitative estimate of drug-likeness (QED) is 0.860. The molecule has 5 rings (SSSR count). The summed E-state index contributed by atoms with van der Waals surface area (Å²) in [5.74, 6) is 0.223. The summed E-state index contributed by atoms with van der Waals surface area (Å²) in [7, 11) is 0. The van der Waals surface area contributed by atoms with Gasteiger partial charge in [0, 0.05) is 44.7 Å². The third-order valence-corrected chi connectivity index (χ3v) is 5.52. The fourth-order valence-electron chi connectivity index (χ4n) is 4.31. The monoisotopic (exact) mass is 355 g/mol. The van der Waals surface area contributed by atoms with Gasteiger partial charge >= 0.3 is 6.03 Å². The number of carbonyl (C=O) groups excluding carboxylic acids is 2. The van der Waals surface area contributed by atoms with Gasteiger partial charge in [0.25, 0.3) is 0 Å². The Hall–Kier alpha value is -2.45. The van der Waals surface area contributed by atoms with Gasteiger partial charge in [-0.1, -0.05) is 11.2 Å². The van der Waals surface area contributed by atoms with E-state index in [1.807, 2.05) is 6.07 Å². The third kappa shape index (κ3) is 2.75. The number of piperazine rings is 1. The fraction of sp³-hybridized carbons (Fsp3) is 0.500. The Balaban J connectivity index is 1.40. The fourth-order valence-corrected chi connectivity index (χ4v) is 4.31. The van der Waals surface area contributed by atoms with Gasteiger partial charge in [0.15, 0.2) is 11.4 Å². The van der Waals surface area contributed by atoms with Crippen LogP contribution < -0.4 is 15.5 Å². The van der Waals surface area contributed by atoms with E-state index in [-0.39, 0.29) is 12.3 Å². The normalized spacial score (nSPS) is 26.5. The molecule has 1 aromatic carbocycles. The van der Waals surface area contributed by atoms with Crippen molar-refractivity contribution in [1.82, 2.24) is 20.7 Å². The lowest BCUT2D eigenvalue weighted by atomic mass is 10.1. The summed E-state index contributed by atoms with van der Waals surface area (Å²) in [5.41, 5.74) is 1.82. The number of amides is 3. The van der Waals surface area contributed by atoms with Crippen molar-refractivity contribution in [1.29, 1.82) is 0 Å². The number of nitrogens with one attached hydrogen (secondary N) is 2. The highest BCUT2D eigenvalue weighted by molar-refractivity contribution is 6.08. The van der Waals surface area contributed by atoms with Gasteiger partial charge in [-0.3, -0.25) is 19.9 Å². The molecule has 0 aliphatic carbocycles. The predicted molar refractivity (Wildman–Crippen MR) is 94.7 cm³/mol. The van der Waals surface area contributed by atoms with Crippen molar-refractivity contribution in [2.75, 3.05) is 24.5 Å². The summed E-state index contributed by atoms with van der Waals surface area (Å²) >= 11 is 0. The minimum Gasteiger partial charge on any atom is -0.354 e. The Morgan fingerprint density at radius 2 is 2.00 bits per heavy atom. The lowest BCUT2D eigenvalue weighted by Crippen LogP contribution is -2.50. The van der Waals surface area contributed by atoms with Crippen LogP contribution in [0, 0.1) is 0 Å². The lowest BCUT2D eigenvalue weighted by Gasteiger charge is -2.32. The molecule has 8 heteroatoms. The summed E-state index contributed by atoms with van der Waals surface area (Å²) in [6.07, 6.45) is 2.79. The van der Waals surface area contributed by atoms with E-state index in [0.29, 0.717) is 30.0 Å². The van der Waals surface area contributed by atoms with E-state index >= 15 is 0 Å². The highest BCUT2D eigenvalue weighted by Gasteiger charge is 2.32. The number of aromatic nitrogens is 1. The van der Waals surface area contributed by atoms with E-state index in [4.69, 9.17) is 4.52 Å². The van der Waals surface area contributed by atoms with Crippen LogP contribution in [-0.2, 0) is 11.3 Å². The SMILES string of the molecule is O=C1CCN(c2noc3ccc(CN4CC5CCC(C4)N5)cc23)C(=O)N1. The van der Waals surface area contributed by atoms with Gasteiger partial charge in [0.05, 0.1) is 5.39 Å². The number of urea groups is 1. The van der Waals surface area contributed by atoms with Crippen LogP contribution in [0.5, 0.6) is 0 Å². The average Bonchev–Trinajstić information content (AvgIpc) is 3.18. The van der Waals surface area contributed by atoms with Crippen molar-refractivity contribution in [3.63, 3.8) is 0 Å². The molecular weight excluding hydrogens is 334 g/mol. The first-order valence-electron chi connectivity index (χ1n) is 9.14. The standard InChI is InChI=1S/C18H21N5O3/c24-16-5-6-23(18(25)20-16)17-14-7-11(1-4-15(14)26-21-17)8-22-9-12-2-3-13(10-22)19-12/h1,4,7,12-13,19H,2-3,5-6,8-10H2,(H,20,24,25). The van der Waals surface area contributed by atoms with Gasteiger partial charge < -0.3 is 9.84 Å². The average molecular weight is 355 g/mol. The molecule has 3 aliphatic heterocycles. The van der Waals surface area contributed by atoms with Gasteiger partial charge in [-0.05, 0) is 30.5 Å². The Bertz CT molecular complexity index is 867. The number of imide groups is 1. The van der Waals surface area contributed by atoms with Crippen molar-refractivity contribution in [3.05, 3.63) is 23.8 Å². The van der Waals surface area contributed by atoms with Crippen molar-refractivity contribution in [2.24, 2.45) is 0 Å². The van der Waals surface area contributed by atoms with Gasteiger partial charge in [0.2, 0.25) is 5.91 Å². The maximum absolute atomic E-state index is 12.1. The molecule has 3 fully saturated rings. The van der Waals surface area contributed by atoms with Crippen molar-refractivity contribution < 1.29 is 14.1 Å².